The molecule has 0 heterocycles. The normalized spacial score (nSPS) is 11.8. The summed E-state index contributed by atoms with van der Waals surface area (Å²) in [4.78, 5) is 26.5. The van der Waals surface area contributed by atoms with Gasteiger partial charge in [0.1, 0.15) is 5.82 Å². The van der Waals surface area contributed by atoms with Crippen LogP contribution in [-0.4, -0.2) is 23.8 Å². The van der Waals surface area contributed by atoms with Crippen LogP contribution in [0.25, 0.3) is 6.08 Å². The van der Waals surface area contributed by atoms with Crippen molar-refractivity contribution in [3.63, 3.8) is 0 Å². The molecule has 152 valence electrons. The Morgan fingerprint density at radius 3 is 2.37 bits per heavy atom. The van der Waals surface area contributed by atoms with Crippen molar-refractivity contribution in [2.24, 2.45) is 0 Å². The lowest BCUT2D eigenvalue weighted by molar-refractivity contribution is -0.126. The molecule has 0 saturated carbocycles. The summed E-state index contributed by atoms with van der Waals surface area (Å²) in [6.45, 7) is 1.92. The van der Waals surface area contributed by atoms with Gasteiger partial charge in [-0.05, 0) is 60.5 Å². The molecule has 0 aliphatic heterocycles. The van der Waals surface area contributed by atoms with Gasteiger partial charge in [-0.25, -0.2) is 4.39 Å². The summed E-state index contributed by atoms with van der Waals surface area (Å²) in [5, 5.41) is 2.89. The van der Waals surface area contributed by atoms with E-state index in [4.69, 9.17) is 0 Å². The highest BCUT2D eigenvalue weighted by molar-refractivity contribution is 6.04. The number of hydrogen-bond donors (Lipinski definition) is 1. The summed E-state index contributed by atoms with van der Waals surface area (Å²) in [6, 6.07) is 22.1. The van der Waals surface area contributed by atoms with E-state index in [-0.39, 0.29) is 23.7 Å². The van der Waals surface area contributed by atoms with E-state index >= 15 is 0 Å². The minimum atomic E-state index is -0.316. The van der Waals surface area contributed by atoms with Gasteiger partial charge in [0.05, 0.1) is 6.04 Å². The largest absolute Gasteiger partial charge is 0.335 e. The van der Waals surface area contributed by atoms with Gasteiger partial charge >= 0.3 is 0 Å². The molecule has 0 bridgehead atoms. The van der Waals surface area contributed by atoms with E-state index in [2.05, 4.69) is 5.32 Å². The number of rotatable bonds is 6. The van der Waals surface area contributed by atoms with E-state index in [1.54, 1.807) is 42.3 Å². The fourth-order valence-electron chi connectivity index (χ4n) is 2.94. The van der Waals surface area contributed by atoms with Gasteiger partial charge in [-0.1, -0.05) is 42.5 Å². The van der Waals surface area contributed by atoms with Crippen LogP contribution in [0.2, 0.25) is 0 Å². The van der Waals surface area contributed by atoms with E-state index in [0.29, 0.717) is 11.3 Å². The molecule has 0 fully saturated rings. The molecule has 0 saturated heterocycles. The van der Waals surface area contributed by atoms with Gasteiger partial charge < -0.3 is 10.2 Å². The average Bonchev–Trinajstić information content (AvgIpc) is 2.78. The average molecular weight is 402 g/mol. The molecule has 30 heavy (non-hydrogen) atoms. The number of hydrogen-bond acceptors (Lipinski definition) is 2. The first-order chi connectivity index (χ1) is 14.4. The summed E-state index contributed by atoms with van der Waals surface area (Å²) < 4.78 is 13.0. The molecule has 1 N–H and O–H groups in total. The molecule has 0 aliphatic rings. The monoisotopic (exact) mass is 402 g/mol. The van der Waals surface area contributed by atoms with Crippen molar-refractivity contribution in [3.05, 3.63) is 107 Å². The number of carbonyl (C=O) groups is 2. The third kappa shape index (κ3) is 5.41. The number of amides is 2. The van der Waals surface area contributed by atoms with Gasteiger partial charge in [-0.2, -0.15) is 0 Å². The van der Waals surface area contributed by atoms with Crippen LogP contribution in [0.1, 0.15) is 34.5 Å². The topological polar surface area (TPSA) is 49.4 Å². The number of nitrogens with zero attached hydrogens (tertiary/aromatic N) is 1. The molecular formula is C25H23FN2O2. The number of carbonyl (C=O) groups excluding carboxylic acids is 2. The number of likely N-dealkylation sites (N-methyl/N-ethyl adjacent to an activating group) is 1. The van der Waals surface area contributed by atoms with E-state index in [0.717, 1.165) is 11.1 Å². The lowest BCUT2D eigenvalue weighted by Crippen LogP contribution is -2.28. The lowest BCUT2D eigenvalue weighted by atomic mass is 10.1. The number of benzene rings is 3. The SMILES string of the molecule is CC(c1cccc(NC(=O)c2ccccc2)c1)N(C)C(=O)/C=C/c1ccc(F)cc1. The standard InChI is InChI=1S/C25H23FN2O2/c1-18(28(2)24(29)16-13-19-11-14-22(26)15-12-19)21-9-6-10-23(17-21)27-25(30)20-7-4-3-5-8-20/h3-18H,1-2H3,(H,27,30)/b16-13+. The zero-order valence-corrected chi connectivity index (χ0v) is 16.9. The van der Waals surface area contributed by atoms with Crippen LogP contribution in [0, 0.1) is 5.82 Å². The Kier molecular flexibility index (Phi) is 6.75. The van der Waals surface area contributed by atoms with Crippen molar-refractivity contribution in [1.29, 1.82) is 0 Å². The maximum atomic E-state index is 13.0. The molecule has 1 unspecified atom stereocenters. The molecule has 0 aliphatic carbocycles. The van der Waals surface area contributed by atoms with Crippen molar-refractivity contribution in [2.45, 2.75) is 13.0 Å². The third-order valence-electron chi connectivity index (χ3n) is 4.88. The molecule has 2 amide bonds. The van der Waals surface area contributed by atoms with Gasteiger partial charge in [0.25, 0.3) is 5.91 Å². The molecule has 3 rings (SSSR count). The van der Waals surface area contributed by atoms with Crippen molar-refractivity contribution >= 4 is 23.6 Å². The fraction of sp³-hybridized carbons (Fsp3) is 0.120. The van der Waals surface area contributed by atoms with E-state index in [1.165, 1.54) is 18.2 Å². The Morgan fingerprint density at radius 2 is 1.67 bits per heavy atom. The first-order valence-corrected chi connectivity index (χ1v) is 9.61. The van der Waals surface area contributed by atoms with Gasteiger partial charge in [-0.15, -0.1) is 0 Å². The summed E-state index contributed by atoms with van der Waals surface area (Å²) >= 11 is 0. The van der Waals surface area contributed by atoms with Crippen LogP contribution >= 0.6 is 0 Å². The lowest BCUT2D eigenvalue weighted by Gasteiger charge is -2.24. The highest BCUT2D eigenvalue weighted by Crippen LogP contribution is 2.23. The summed E-state index contributed by atoms with van der Waals surface area (Å²) in [6.07, 6.45) is 3.12. The molecule has 4 nitrogen and oxygen atoms in total. The second kappa shape index (κ2) is 9.65. The predicted molar refractivity (Wildman–Crippen MR) is 117 cm³/mol. The maximum Gasteiger partial charge on any atom is 0.255 e. The molecule has 0 radical (unpaired) electrons. The molecule has 1 atom stereocenters. The van der Waals surface area contributed by atoms with Crippen LogP contribution in [0.4, 0.5) is 10.1 Å². The van der Waals surface area contributed by atoms with Crippen LogP contribution in [0.5, 0.6) is 0 Å². The molecule has 3 aromatic carbocycles. The van der Waals surface area contributed by atoms with E-state index < -0.39 is 0 Å². The van der Waals surface area contributed by atoms with E-state index in [1.807, 2.05) is 49.4 Å². The zero-order valence-electron chi connectivity index (χ0n) is 16.9. The zero-order chi connectivity index (χ0) is 21.5. The first kappa shape index (κ1) is 21.0. The molecule has 3 aromatic rings. The maximum absolute atomic E-state index is 13.0. The number of anilines is 1. The van der Waals surface area contributed by atoms with Crippen molar-refractivity contribution in [3.8, 4) is 0 Å². The van der Waals surface area contributed by atoms with Crippen molar-refractivity contribution in [1.82, 2.24) is 4.90 Å². The van der Waals surface area contributed by atoms with Crippen molar-refractivity contribution in [2.75, 3.05) is 12.4 Å². The summed E-state index contributed by atoms with van der Waals surface area (Å²) in [7, 11) is 1.72. The molecule has 5 heteroatoms. The summed E-state index contributed by atoms with van der Waals surface area (Å²) in [5.41, 5.74) is 2.88. The first-order valence-electron chi connectivity index (χ1n) is 9.61. The van der Waals surface area contributed by atoms with Crippen LogP contribution in [0.3, 0.4) is 0 Å². The smallest absolute Gasteiger partial charge is 0.255 e. The van der Waals surface area contributed by atoms with Crippen LogP contribution < -0.4 is 5.32 Å². The Morgan fingerprint density at radius 1 is 0.967 bits per heavy atom. The predicted octanol–water partition coefficient (Wildman–Crippen LogP) is 5.31. The molecule has 0 aromatic heterocycles. The summed E-state index contributed by atoms with van der Waals surface area (Å²) in [5.74, 6) is -0.680. The van der Waals surface area contributed by atoms with Crippen LogP contribution in [0.15, 0.2) is 84.9 Å². The Balaban J connectivity index is 1.67. The van der Waals surface area contributed by atoms with Gasteiger partial charge in [0.15, 0.2) is 0 Å². The van der Waals surface area contributed by atoms with Crippen LogP contribution in [-0.2, 0) is 4.79 Å². The highest BCUT2D eigenvalue weighted by atomic mass is 19.1. The van der Waals surface area contributed by atoms with Crippen molar-refractivity contribution < 1.29 is 14.0 Å². The minimum absolute atomic E-state index is 0.175. The molecule has 0 spiro atoms. The quantitative estimate of drug-likeness (QED) is 0.568. The fourth-order valence-corrected chi connectivity index (χ4v) is 2.94. The highest BCUT2D eigenvalue weighted by Gasteiger charge is 2.16. The Bertz CT molecular complexity index is 1050. The van der Waals surface area contributed by atoms with Gasteiger partial charge in [0.2, 0.25) is 5.91 Å². The molecular weight excluding hydrogens is 379 g/mol. The van der Waals surface area contributed by atoms with E-state index in [9.17, 15) is 14.0 Å². The van der Waals surface area contributed by atoms with Gasteiger partial charge in [0, 0.05) is 24.4 Å². The second-order valence-corrected chi connectivity index (χ2v) is 6.96. The Labute approximate surface area is 175 Å². The number of halogens is 1. The minimum Gasteiger partial charge on any atom is -0.335 e. The number of nitrogens with one attached hydrogen (secondary N) is 1. The third-order valence-corrected chi connectivity index (χ3v) is 4.88. The second-order valence-electron chi connectivity index (χ2n) is 6.96. The van der Waals surface area contributed by atoms with Gasteiger partial charge in [-0.3, -0.25) is 9.59 Å². The Hall–Kier alpha value is -3.73.